The molecule has 16 heavy (non-hydrogen) atoms. The van der Waals surface area contributed by atoms with Crippen molar-refractivity contribution < 1.29 is 9.13 Å². The van der Waals surface area contributed by atoms with Crippen LogP contribution in [0.3, 0.4) is 0 Å². The highest BCUT2D eigenvalue weighted by molar-refractivity contribution is 5.52. The van der Waals surface area contributed by atoms with E-state index in [2.05, 4.69) is 11.9 Å². The molecule has 0 aromatic heterocycles. The third-order valence-corrected chi connectivity index (χ3v) is 2.85. The Morgan fingerprint density at radius 2 is 2.25 bits per heavy atom. The van der Waals surface area contributed by atoms with E-state index in [4.69, 9.17) is 10.5 Å². The maximum atomic E-state index is 12.9. The van der Waals surface area contributed by atoms with Crippen LogP contribution in [-0.4, -0.2) is 31.1 Å². The van der Waals surface area contributed by atoms with Crippen LogP contribution in [0.5, 0.6) is 5.75 Å². The average molecular weight is 224 g/mol. The van der Waals surface area contributed by atoms with Gasteiger partial charge in [0.1, 0.15) is 18.2 Å². The van der Waals surface area contributed by atoms with E-state index >= 15 is 0 Å². The van der Waals surface area contributed by atoms with Gasteiger partial charge in [0, 0.05) is 18.7 Å². The monoisotopic (exact) mass is 224 g/mol. The maximum Gasteiger partial charge on any atom is 0.145 e. The number of benzene rings is 1. The van der Waals surface area contributed by atoms with Gasteiger partial charge in [0.15, 0.2) is 0 Å². The number of anilines is 1. The number of ether oxygens (including phenoxy) is 1. The molecule has 1 aromatic rings. The Morgan fingerprint density at radius 3 is 2.94 bits per heavy atom. The van der Waals surface area contributed by atoms with Gasteiger partial charge in [-0.3, -0.25) is 0 Å². The molecule has 0 saturated heterocycles. The van der Waals surface area contributed by atoms with Crippen molar-refractivity contribution in [2.24, 2.45) is 0 Å². The summed E-state index contributed by atoms with van der Waals surface area (Å²) in [5, 5.41) is 0. The van der Waals surface area contributed by atoms with Crippen LogP contribution in [-0.2, 0) is 0 Å². The highest BCUT2D eigenvalue weighted by Crippen LogP contribution is 2.25. The van der Waals surface area contributed by atoms with Gasteiger partial charge in [0.05, 0.1) is 5.69 Å². The highest BCUT2D eigenvalue weighted by Gasteiger charge is 2.25. The Balaban J connectivity index is 1.81. The topological polar surface area (TPSA) is 38.5 Å². The van der Waals surface area contributed by atoms with E-state index in [1.807, 2.05) is 0 Å². The van der Waals surface area contributed by atoms with Gasteiger partial charge in [-0.25, -0.2) is 4.39 Å². The van der Waals surface area contributed by atoms with Crippen molar-refractivity contribution in [2.75, 3.05) is 25.9 Å². The molecular formula is C12H17FN2O. The van der Waals surface area contributed by atoms with Gasteiger partial charge in [-0.2, -0.15) is 0 Å². The quantitative estimate of drug-likeness (QED) is 0.776. The Labute approximate surface area is 95.0 Å². The van der Waals surface area contributed by atoms with E-state index in [0.717, 1.165) is 6.54 Å². The van der Waals surface area contributed by atoms with Crippen molar-refractivity contribution >= 4 is 5.69 Å². The van der Waals surface area contributed by atoms with Crippen LogP contribution in [0.4, 0.5) is 10.1 Å². The predicted molar refractivity (Wildman–Crippen MR) is 62.0 cm³/mol. The molecule has 1 aliphatic rings. The van der Waals surface area contributed by atoms with Crippen LogP contribution in [0.1, 0.15) is 12.8 Å². The molecule has 1 saturated carbocycles. The Hall–Kier alpha value is -1.29. The number of rotatable bonds is 5. The van der Waals surface area contributed by atoms with Crippen molar-refractivity contribution in [1.29, 1.82) is 0 Å². The van der Waals surface area contributed by atoms with Gasteiger partial charge in [0.25, 0.3) is 0 Å². The summed E-state index contributed by atoms with van der Waals surface area (Å²) in [6, 6.07) is 4.90. The SMILES string of the molecule is CN(CCOc1cc(F)ccc1N)C1CC1. The Morgan fingerprint density at radius 1 is 1.50 bits per heavy atom. The normalized spacial score (nSPS) is 15.4. The van der Waals surface area contributed by atoms with Gasteiger partial charge < -0.3 is 15.4 Å². The molecule has 0 amide bonds. The lowest BCUT2D eigenvalue weighted by atomic mass is 10.3. The van der Waals surface area contributed by atoms with E-state index in [1.165, 1.54) is 31.0 Å². The van der Waals surface area contributed by atoms with Crippen molar-refractivity contribution in [2.45, 2.75) is 18.9 Å². The van der Waals surface area contributed by atoms with Crippen molar-refractivity contribution in [3.63, 3.8) is 0 Å². The first-order valence-electron chi connectivity index (χ1n) is 5.55. The molecule has 1 aliphatic carbocycles. The molecule has 2 rings (SSSR count). The number of likely N-dealkylation sites (N-methyl/N-ethyl adjacent to an activating group) is 1. The molecular weight excluding hydrogens is 207 g/mol. The first kappa shape index (κ1) is 11.2. The molecule has 0 heterocycles. The lowest BCUT2D eigenvalue weighted by Crippen LogP contribution is -2.26. The fraction of sp³-hybridized carbons (Fsp3) is 0.500. The third kappa shape index (κ3) is 2.85. The molecule has 0 aliphatic heterocycles. The number of halogens is 1. The summed E-state index contributed by atoms with van der Waals surface area (Å²) in [6.45, 7) is 1.39. The molecule has 0 atom stereocenters. The molecule has 0 unspecified atom stereocenters. The number of nitrogens with two attached hydrogens (primary N) is 1. The van der Waals surface area contributed by atoms with Crippen LogP contribution < -0.4 is 10.5 Å². The second-order valence-corrected chi connectivity index (χ2v) is 4.24. The molecule has 1 fully saturated rings. The van der Waals surface area contributed by atoms with Crippen molar-refractivity contribution in [3.05, 3.63) is 24.0 Å². The molecule has 0 spiro atoms. The maximum absolute atomic E-state index is 12.9. The summed E-state index contributed by atoms with van der Waals surface area (Å²) < 4.78 is 18.4. The average Bonchev–Trinajstić information content (AvgIpc) is 3.06. The van der Waals surface area contributed by atoms with E-state index in [9.17, 15) is 4.39 Å². The minimum absolute atomic E-state index is 0.320. The van der Waals surface area contributed by atoms with E-state index in [0.29, 0.717) is 24.1 Å². The van der Waals surface area contributed by atoms with Crippen LogP contribution >= 0.6 is 0 Å². The Kier molecular flexibility index (Phi) is 3.29. The molecule has 1 aromatic carbocycles. The minimum atomic E-state index is -0.320. The van der Waals surface area contributed by atoms with Gasteiger partial charge >= 0.3 is 0 Å². The fourth-order valence-electron chi connectivity index (χ4n) is 1.63. The van der Waals surface area contributed by atoms with E-state index in [-0.39, 0.29) is 5.82 Å². The fourth-order valence-corrected chi connectivity index (χ4v) is 1.63. The lowest BCUT2D eigenvalue weighted by Gasteiger charge is -2.16. The summed E-state index contributed by atoms with van der Waals surface area (Å²) in [5.41, 5.74) is 6.16. The predicted octanol–water partition coefficient (Wildman–Crippen LogP) is 1.88. The molecule has 3 nitrogen and oxygen atoms in total. The number of hydrogen-bond donors (Lipinski definition) is 1. The van der Waals surface area contributed by atoms with Crippen LogP contribution in [0.2, 0.25) is 0 Å². The largest absolute Gasteiger partial charge is 0.490 e. The smallest absolute Gasteiger partial charge is 0.145 e. The first-order valence-corrected chi connectivity index (χ1v) is 5.55. The van der Waals surface area contributed by atoms with E-state index < -0.39 is 0 Å². The summed E-state index contributed by atoms with van der Waals surface area (Å²) >= 11 is 0. The second kappa shape index (κ2) is 4.70. The van der Waals surface area contributed by atoms with Gasteiger partial charge in [-0.05, 0) is 32.0 Å². The number of hydrogen-bond acceptors (Lipinski definition) is 3. The third-order valence-electron chi connectivity index (χ3n) is 2.85. The zero-order valence-electron chi connectivity index (χ0n) is 9.45. The van der Waals surface area contributed by atoms with Crippen LogP contribution in [0, 0.1) is 5.82 Å². The first-order chi connectivity index (χ1) is 7.66. The molecule has 0 radical (unpaired) electrons. The van der Waals surface area contributed by atoms with Crippen molar-refractivity contribution in [1.82, 2.24) is 4.90 Å². The molecule has 88 valence electrons. The zero-order chi connectivity index (χ0) is 11.5. The summed E-state index contributed by atoms with van der Waals surface area (Å²) in [4.78, 5) is 2.26. The van der Waals surface area contributed by atoms with Gasteiger partial charge in [-0.15, -0.1) is 0 Å². The van der Waals surface area contributed by atoms with Crippen LogP contribution in [0.15, 0.2) is 18.2 Å². The van der Waals surface area contributed by atoms with Crippen LogP contribution in [0.25, 0.3) is 0 Å². The minimum Gasteiger partial charge on any atom is -0.490 e. The summed E-state index contributed by atoms with van der Waals surface area (Å²) in [6.07, 6.45) is 2.55. The molecule has 4 heteroatoms. The van der Waals surface area contributed by atoms with Gasteiger partial charge in [-0.1, -0.05) is 0 Å². The standard InChI is InChI=1S/C12H17FN2O/c1-15(10-3-4-10)6-7-16-12-8-9(13)2-5-11(12)14/h2,5,8,10H,3-4,6-7,14H2,1H3. The molecule has 2 N–H and O–H groups in total. The summed E-state index contributed by atoms with van der Waals surface area (Å²) in [5.74, 6) is 0.115. The molecule has 0 bridgehead atoms. The van der Waals surface area contributed by atoms with Crippen molar-refractivity contribution in [3.8, 4) is 5.75 Å². The van der Waals surface area contributed by atoms with E-state index in [1.54, 1.807) is 0 Å². The Bertz CT molecular complexity index is 366. The number of nitrogens with zero attached hydrogens (tertiary/aromatic N) is 1. The second-order valence-electron chi connectivity index (χ2n) is 4.24. The zero-order valence-corrected chi connectivity index (χ0v) is 9.45. The van der Waals surface area contributed by atoms with Gasteiger partial charge in [0.2, 0.25) is 0 Å². The summed E-state index contributed by atoms with van der Waals surface area (Å²) in [7, 11) is 2.08. The lowest BCUT2D eigenvalue weighted by molar-refractivity contribution is 0.232. The highest BCUT2D eigenvalue weighted by atomic mass is 19.1. The number of nitrogen functional groups attached to an aromatic ring is 1.